The Kier molecular flexibility index (Phi) is 3.50. The maximum Gasteiger partial charge on any atom is 0.146 e. The van der Waals surface area contributed by atoms with Crippen molar-refractivity contribution in [2.24, 2.45) is 5.10 Å². The van der Waals surface area contributed by atoms with Crippen LogP contribution in [0.2, 0.25) is 0 Å². The molecule has 3 nitrogen and oxygen atoms in total. The van der Waals surface area contributed by atoms with E-state index in [0.717, 1.165) is 17.1 Å². The molecule has 0 radical (unpaired) electrons. The number of nitrogens with zero attached hydrogens (tertiary/aromatic N) is 2. The lowest BCUT2D eigenvalue weighted by molar-refractivity contribution is 1.14. The standard InChI is InChI=1S/C14H15N3/c1-11-8-12(2)16-14(9-11)17-15-10-13-6-4-3-5-7-13/h3-10H,1-2H3,(H,16,17)/b15-10+. The average Bonchev–Trinajstić information content (AvgIpc) is 2.29. The molecule has 0 saturated carbocycles. The lowest BCUT2D eigenvalue weighted by Gasteiger charge is -2.02. The molecule has 0 amide bonds. The third-order valence-corrected chi connectivity index (χ3v) is 2.29. The van der Waals surface area contributed by atoms with E-state index in [1.54, 1.807) is 6.21 Å². The fourth-order valence-electron chi connectivity index (χ4n) is 1.61. The van der Waals surface area contributed by atoms with Gasteiger partial charge in [-0.1, -0.05) is 30.3 Å². The monoisotopic (exact) mass is 225 g/mol. The maximum atomic E-state index is 4.34. The van der Waals surface area contributed by atoms with E-state index in [4.69, 9.17) is 0 Å². The Bertz CT molecular complexity index is 498. The minimum Gasteiger partial charge on any atom is -0.261 e. The van der Waals surface area contributed by atoms with Gasteiger partial charge < -0.3 is 0 Å². The maximum absolute atomic E-state index is 4.34. The lowest BCUT2D eigenvalue weighted by Crippen LogP contribution is -1.95. The topological polar surface area (TPSA) is 37.3 Å². The molecule has 1 heterocycles. The molecule has 1 N–H and O–H groups in total. The SMILES string of the molecule is Cc1cc(C)nc(N/N=C/c2ccccc2)c1. The third-order valence-electron chi connectivity index (χ3n) is 2.29. The zero-order valence-corrected chi connectivity index (χ0v) is 10.0. The number of aromatic nitrogens is 1. The quantitative estimate of drug-likeness (QED) is 0.643. The van der Waals surface area contributed by atoms with Crippen LogP contribution in [0.5, 0.6) is 0 Å². The Morgan fingerprint density at radius 3 is 2.59 bits per heavy atom. The van der Waals surface area contributed by atoms with Gasteiger partial charge in [-0.15, -0.1) is 0 Å². The van der Waals surface area contributed by atoms with Crippen LogP contribution < -0.4 is 5.43 Å². The van der Waals surface area contributed by atoms with Crippen molar-refractivity contribution in [3.05, 3.63) is 59.3 Å². The summed E-state index contributed by atoms with van der Waals surface area (Å²) in [5, 5.41) is 4.16. The summed E-state index contributed by atoms with van der Waals surface area (Å²) in [5.74, 6) is 0.773. The van der Waals surface area contributed by atoms with Crippen molar-refractivity contribution in [3.8, 4) is 0 Å². The number of nitrogens with one attached hydrogen (secondary N) is 1. The summed E-state index contributed by atoms with van der Waals surface area (Å²) in [6.45, 7) is 4.01. The van der Waals surface area contributed by atoms with Gasteiger partial charge in [0.05, 0.1) is 6.21 Å². The van der Waals surface area contributed by atoms with Gasteiger partial charge in [0.1, 0.15) is 5.82 Å². The van der Waals surface area contributed by atoms with Gasteiger partial charge in [0.2, 0.25) is 0 Å². The van der Waals surface area contributed by atoms with Crippen LogP contribution >= 0.6 is 0 Å². The summed E-state index contributed by atoms with van der Waals surface area (Å²) in [5.41, 5.74) is 6.16. The summed E-state index contributed by atoms with van der Waals surface area (Å²) in [7, 11) is 0. The summed E-state index contributed by atoms with van der Waals surface area (Å²) in [6, 6.07) is 13.9. The number of hydrogen-bond donors (Lipinski definition) is 1. The highest BCUT2D eigenvalue weighted by Gasteiger charge is 1.94. The van der Waals surface area contributed by atoms with Gasteiger partial charge in [-0.25, -0.2) is 4.98 Å². The highest BCUT2D eigenvalue weighted by Crippen LogP contribution is 2.08. The summed E-state index contributed by atoms with van der Waals surface area (Å²) in [6.07, 6.45) is 1.78. The van der Waals surface area contributed by atoms with Gasteiger partial charge in [0.25, 0.3) is 0 Å². The van der Waals surface area contributed by atoms with Crippen LogP contribution in [0, 0.1) is 13.8 Å². The zero-order valence-electron chi connectivity index (χ0n) is 10.0. The Morgan fingerprint density at radius 2 is 1.88 bits per heavy atom. The van der Waals surface area contributed by atoms with Crippen molar-refractivity contribution in [2.75, 3.05) is 5.43 Å². The number of aryl methyl sites for hydroxylation is 2. The summed E-state index contributed by atoms with van der Waals surface area (Å²) < 4.78 is 0. The molecule has 0 spiro atoms. The van der Waals surface area contributed by atoms with E-state index < -0.39 is 0 Å². The van der Waals surface area contributed by atoms with Crippen molar-refractivity contribution < 1.29 is 0 Å². The largest absolute Gasteiger partial charge is 0.261 e. The molecule has 0 fully saturated rings. The molecular formula is C14H15N3. The minimum atomic E-state index is 0.773. The third kappa shape index (κ3) is 3.41. The van der Waals surface area contributed by atoms with Crippen molar-refractivity contribution in [1.82, 2.24) is 4.98 Å². The summed E-state index contributed by atoms with van der Waals surface area (Å²) in [4.78, 5) is 4.34. The molecule has 0 unspecified atom stereocenters. The summed E-state index contributed by atoms with van der Waals surface area (Å²) >= 11 is 0. The number of benzene rings is 1. The predicted molar refractivity (Wildman–Crippen MR) is 71.4 cm³/mol. The molecule has 1 aromatic carbocycles. The Hall–Kier alpha value is -2.16. The number of hydrogen-bond acceptors (Lipinski definition) is 3. The number of anilines is 1. The fraction of sp³-hybridized carbons (Fsp3) is 0.143. The molecule has 0 aliphatic rings. The van der Waals surface area contributed by atoms with Crippen LogP contribution in [0.15, 0.2) is 47.6 Å². The molecule has 86 valence electrons. The molecule has 2 aromatic rings. The highest BCUT2D eigenvalue weighted by molar-refractivity contribution is 5.79. The second kappa shape index (κ2) is 5.25. The van der Waals surface area contributed by atoms with E-state index in [9.17, 15) is 0 Å². The Morgan fingerprint density at radius 1 is 1.12 bits per heavy atom. The predicted octanol–water partition coefficient (Wildman–Crippen LogP) is 3.14. The molecule has 0 saturated heterocycles. The van der Waals surface area contributed by atoms with Gasteiger partial charge >= 0.3 is 0 Å². The van der Waals surface area contributed by atoms with E-state index in [1.807, 2.05) is 56.3 Å². The Labute approximate surface area is 101 Å². The highest BCUT2D eigenvalue weighted by atomic mass is 15.3. The first-order valence-corrected chi connectivity index (χ1v) is 5.53. The van der Waals surface area contributed by atoms with Gasteiger partial charge in [-0.3, -0.25) is 5.43 Å². The molecule has 17 heavy (non-hydrogen) atoms. The molecule has 0 bridgehead atoms. The normalized spacial score (nSPS) is 10.7. The molecule has 0 aliphatic heterocycles. The van der Waals surface area contributed by atoms with Crippen LogP contribution in [0.3, 0.4) is 0 Å². The van der Waals surface area contributed by atoms with Crippen molar-refractivity contribution in [2.45, 2.75) is 13.8 Å². The van der Waals surface area contributed by atoms with Crippen LogP contribution in [0.1, 0.15) is 16.8 Å². The zero-order chi connectivity index (χ0) is 12.1. The van der Waals surface area contributed by atoms with Crippen LogP contribution in [-0.4, -0.2) is 11.2 Å². The number of pyridine rings is 1. The minimum absolute atomic E-state index is 0.773. The fourth-order valence-corrected chi connectivity index (χ4v) is 1.61. The van der Waals surface area contributed by atoms with Crippen molar-refractivity contribution >= 4 is 12.0 Å². The smallest absolute Gasteiger partial charge is 0.146 e. The first-order valence-electron chi connectivity index (χ1n) is 5.53. The average molecular weight is 225 g/mol. The van der Waals surface area contributed by atoms with Gasteiger partial charge in [0, 0.05) is 5.69 Å². The number of hydrazone groups is 1. The second-order valence-corrected chi connectivity index (χ2v) is 3.95. The van der Waals surface area contributed by atoms with Gasteiger partial charge in [0.15, 0.2) is 0 Å². The lowest BCUT2D eigenvalue weighted by atomic mass is 10.2. The van der Waals surface area contributed by atoms with Crippen LogP contribution in [0.4, 0.5) is 5.82 Å². The van der Waals surface area contributed by atoms with Crippen molar-refractivity contribution in [1.29, 1.82) is 0 Å². The van der Waals surface area contributed by atoms with Crippen LogP contribution in [0.25, 0.3) is 0 Å². The van der Waals surface area contributed by atoms with E-state index in [0.29, 0.717) is 0 Å². The molecule has 0 atom stereocenters. The van der Waals surface area contributed by atoms with Crippen LogP contribution in [-0.2, 0) is 0 Å². The Balaban J connectivity index is 2.05. The molecule has 3 heteroatoms. The molecule has 0 aliphatic carbocycles. The first-order chi connectivity index (χ1) is 8.24. The van der Waals surface area contributed by atoms with Gasteiger partial charge in [-0.05, 0) is 37.1 Å². The van der Waals surface area contributed by atoms with E-state index >= 15 is 0 Å². The van der Waals surface area contributed by atoms with E-state index in [2.05, 4.69) is 15.5 Å². The molecule has 1 aromatic heterocycles. The number of rotatable bonds is 3. The van der Waals surface area contributed by atoms with Crippen molar-refractivity contribution in [3.63, 3.8) is 0 Å². The van der Waals surface area contributed by atoms with Gasteiger partial charge in [-0.2, -0.15) is 5.10 Å². The van der Waals surface area contributed by atoms with E-state index in [1.165, 1.54) is 5.56 Å². The molecular weight excluding hydrogens is 210 g/mol. The van der Waals surface area contributed by atoms with E-state index in [-0.39, 0.29) is 0 Å². The second-order valence-electron chi connectivity index (χ2n) is 3.95. The first kappa shape index (κ1) is 11.3. The molecule has 2 rings (SSSR count).